The Hall–Kier alpha value is -4.25. The molecule has 0 atom stereocenters. The number of aromatic nitrogens is 6. The number of nitrogens with zero attached hydrogens (tertiary/aromatic N) is 4. The van der Waals surface area contributed by atoms with Gasteiger partial charge in [0.1, 0.15) is 11.3 Å². The second-order valence-corrected chi connectivity index (χ2v) is 5.62. The van der Waals surface area contributed by atoms with Crippen LogP contribution in [-0.2, 0) is 0 Å². The van der Waals surface area contributed by atoms with Crippen LogP contribution in [0, 0.1) is 0 Å². The van der Waals surface area contributed by atoms with Crippen molar-refractivity contribution in [3.63, 3.8) is 0 Å². The van der Waals surface area contributed by atoms with Crippen LogP contribution in [0.5, 0.6) is 0 Å². The van der Waals surface area contributed by atoms with Gasteiger partial charge in [0.2, 0.25) is 0 Å². The van der Waals surface area contributed by atoms with Gasteiger partial charge in [-0.25, -0.2) is 15.8 Å². The molecule has 140 valence electrons. The number of hydrogen-bond donors (Lipinski definition) is 5. The van der Waals surface area contributed by atoms with Gasteiger partial charge < -0.3 is 20.1 Å². The third-order valence-electron chi connectivity index (χ3n) is 3.95. The number of rotatable bonds is 2. The van der Waals surface area contributed by atoms with Crippen molar-refractivity contribution in [2.75, 3.05) is 5.73 Å². The molecule has 7 N–H and O–H groups in total. The fourth-order valence-electron chi connectivity index (χ4n) is 2.70. The van der Waals surface area contributed by atoms with Crippen molar-refractivity contribution < 1.29 is 9.21 Å². The van der Waals surface area contributed by atoms with E-state index in [4.69, 9.17) is 16.0 Å². The minimum Gasteiger partial charge on any atom is -0.403 e. The number of carbonyl (C=O) groups is 1. The van der Waals surface area contributed by atoms with Gasteiger partial charge in [0, 0.05) is 35.6 Å². The first kappa shape index (κ1) is 17.2. The van der Waals surface area contributed by atoms with Gasteiger partial charge in [-0.15, -0.1) is 5.10 Å². The molecule has 5 heterocycles. The van der Waals surface area contributed by atoms with E-state index in [1.165, 1.54) is 0 Å². The van der Waals surface area contributed by atoms with Gasteiger partial charge in [0.15, 0.2) is 0 Å². The maximum absolute atomic E-state index is 11.2. The normalized spacial score (nSPS) is 10.6. The molecule has 0 spiro atoms. The second-order valence-electron chi connectivity index (χ2n) is 5.62. The Labute approximate surface area is 157 Å². The Morgan fingerprint density at radius 3 is 2.36 bits per heavy atom. The van der Waals surface area contributed by atoms with E-state index in [1.807, 2.05) is 18.2 Å². The minimum atomic E-state index is -0.320. The van der Waals surface area contributed by atoms with E-state index in [1.54, 1.807) is 30.9 Å². The number of anilines is 1. The van der Waals surface area contributed by atoms with Crippen LogP contribution in [0.4, 0.5) is 6.01 Å². The van der Waals surface area contributed by atoms with Crippen molar-refractivity contribution in [1.82, 2.24) is 35.6 Å². The molecule has 5 aromatic heterocycles. The summed E-state index contributed by atoms with van der Waals surface area (Å²) in [5, 5.41) is 9.13. The monoisotopic (exact) mass is 377 g/mol. The van der Waals surface area contributed by atoms with Gasteiger partial charge >= 0.3 is 6.01 Å². The van der Waals surface area contributed by atoms with Crippen LogP contribution in [0.15, 0.2) is 53.5 Å². The van der Waals surface area contributed by atoms with Gasteiger partial charge in [-0.1, -0.05) is 5.10 Å². The number of nitrogens with one attached hydrogen (secondary N) is 3. The van der Waals surface area contributed by atoms with Crippen LogP contribution < -0.4 is 17.0 Å². The molecule has 5 aromatic rings. The zero-order valence-corrected chi connectivity index (χ0v) is 14.4. The molecule has 11 nitrogen and oxygen atoms in total. The molecule has 0 aliphatic carbocycles. The lowest BCUT2D eigenvalue weighted by molar-refractivity contribution is 0.0955. The smallest absolute Gasteiger partial charge is 0.313 e. The molecule has 0 saturated heterocycles. The zero-order chi connectivity index (χ0) is 19.5. The van der Waals surface area contributed by atoms with Crippen molar-refractivity contribution >= 4 is 34.0 Å². The van der Waals surface area contributed by atoms with E-state index in [0.717, 1.165) is 22.0 Å². The van der Waals surface area contributed by atoms with Crippen molar-refractivity contribution in [2.24, 2.45) is 5.84 Å². The maximum atomic E-state index is 11.2. The van der Waals surface area contributed by atoms with Crippen molar-refractivity contribution in [1.29, 1.82) is 0 Å². The zero-order valence-electron chi connectivity index (χ0n) is 14.4. The fourth-order valence-corrected chi connectivity index (χ4v) is 2.70. The number of aromatic amines is 2. The molecular formula is C17H15N9O2. The summed E-state index contributed by atoms with van der Waals surface area (Å²) in [5.74, 6) is 5.10. The van der Waals surface area contributed by atoms with Gasteiger partial charge in [0.25, 0.3) is 11.8 Å². The molecule has 0 fully saturated rings. The van der Waals surface area contributed by atoms with E-state index in [2.05, 4.69) is 35.6 Å². The Morgan fingerprint density at radius 2 is 1.68 bits per heavy atom. The van der Waals surface area contributed by atoms with Gasteiger partial charge in [-0.3, -0.25) is 10.2 Å². The Balaban J connectivity index is 0.000000139. The van der Waals surface area contributed by atoms with Gasteiger partial charge in [0.05, 0.1) is 11.1 Å². The van der Waals surface area contributed by atoms with Crippen molar-refractivity contribution in [2.45, 2.75) is 0 Å². The van der Waals surface area contributed by atoms with Crippen LogP contribution in [-0.4, -0.2) is 36.0 Å². The highest BCUT2D eigenvalue weighted by molar-refractivity contribution is 6.05. The third kappa shape index (κ3) is 3.12. The molecule has 11 heteroatoms. The number of H-pyrrole nitrogens is 2. The molecule has 0 bridgehead atoms. The third-order valence-corrected chi connectivity index (χ3v) is 3.95. The highest BCUT2D eigenvalue weighted by atomic mass is 16.4. The molecule has 0 unspecified atom stereocenters. The quantitative estimate of drug-likeness (QED) is 0.174. The van der Waals surface area contributed by atoms with Crippen LogP contribution in [0.1, 0.15) is 10.4 Å². The number of fused-ring (bicyclic) bond motifs is 2. The summed E-state index contributed by atoms with van der Waals surface area (Å²) >= 11 is 0. The second kappa shape index (κ2) is 7.17. The first-order valence-corrected chi connectivity index (χ1v) is 8.12. The van der Waals surface area contributed by atoms with E-state index in [9.17, 15) is 4.79 Å². The number of pyridine rings is 2. The predicted molar refractivity (Wildman–Crippen MR) is 102 cm³/mol. The van der Waals surface area contributed by atoms with Crippen molar-refractivity contribution in [3.8, 4) is 11.5 Å². The molecule has 5 rings (SSSR count). The maximum Gasteiger partial charge on any atom is 0.313 e. The molecule has 1 amide bonds. The lowest BCUT2D eigenvalue weighted by Gasteiger charge is -1.95. The van der Waals surface area contributed by atoms with Crippen LogP contribution in [0.2, 0.25) is 0 Å². The number of nitrogen functional groups attached to an aromatic ring is 2. The molecule has 0 aromatic carbocycles. The number of amides is 1. The SMILES string of the molecule is NNC(=O)c1c[nH]c2ncccc12.Nc1nnc(-c2c[nH]c3ncccc23)o1. The first-order valence-electron chi connectivity index (χ1n) is 8.12. The number of carbonyl (C=O) groups excluding carboxylic acids is 1. The number of hydrazine groups is 1. The summed E-state index contributed by atoms with van der Waals surface area (Å²) in [5.41, 5.74) is 10.2. The first-order chi connectivity index (χ1) is 13.7. The standard InChI is InChI=1S/C9H7N5O.C8H8N4O/c10-9-14-13-8(15-9)6-4-12-7-5(6)2-1-3-11-7;9-12-8(13)6-4-11-7-5(6)2-1-3-10-7/h1-4H,(H2,10,14)(H,11,12);1-4H,9H2,(H,10,11)(H,12,13). The lowest BCUT2D eigenvalue weighted by atomic mass is 10.2. The average molecular weight is 377 g/mol. The van der Waals surface area contributed by atoms with Crippen LogP contribution in [0.3, 0.4) is 0 Å². The highest BCUT2D eigenvalue weighted by Gasteiger charge is 2.12. The van der Waals surface area contributed by atoms with E-state index in [0.29, 0.717) is 17.1 Å². The largest absolute Gasteiger partial charge is 0.403 e. The van der Waals surface area contributed by atoms with Crippen LogP contribution in [0.25, 0.3) is 33.5 Å². The Bertz CT molecular complexity index is 1250. The molecule has 28 heavy (non-hydrogen) atoms. The summed E-state index contributed by atoms with van der Waals surface area (Å²) in [6.07, 6.45) is 6.72. The van der Waals surface area contributed by atoms with E-state index < -0.39 is 0 Å². The highest BCUT2D eigenvalue weighted by Crippen LogP contribution is 2.26. The molecule has 0 saturated carbocycles. The molecule has 0 aliphatic rings. The molecular weight excluding hydrogens is 362 g/mol. The predicted octanol–water partition coefficient (Wildman–Crippen LogP) is 1.36. The summed E-state index contributed by atoms with van der Waals surface area (Å²) < 4.78 is 5.14. The van der Waals surface area contributed by atoms with Crippen molar-refractivity contribution in [3.05, 3.63) is 54.6 Å². The minimum absolute atomic E-state index is 0.0586. The topological polar surface area (TPSA) is 177 Å². The Morgan fingerprint density at radius 1 is 1.00 bits per heavy atom. The number of nitrogens with two attached hydrogens (primary N) is 2. The average Bonchev–Trinajstić information content (AvgIpc) is 3.45. The van der Waals surface area contributed by atoms with E-state index >= 15 is 0 Å². The fraction of sp³-hybridized carbons (Fsp3) is 0. The molecule has 0 radical (unpaired) electrons. The summed E-state index contributed by atoms with van der Waals surface area (Å²) in [7, 11) is 0. The van der Waals surface area contributed by atoms with Crippen LogP contribution >= 0.6 is 0 Å². The molecule has 0 aliphatic heterocycles. The summed E-state index contributed by atoms with van der Waals surface area (Å²) in [6.45, 7) is 0. The summed E-state index contributed by atoms with van der Waals surface area (Å²) in [6, 6.07) is 7.41. The summed E-state index contributed by atoms with van der Waals surface area (Å²) in [4.78, 5) is 25.3. The van der Waals surface area contributed by atoms with E-state index in [-0.39, 0.29) is 11.9 Å². The number of hydrogen-bond acceptors (Lipinski definition) is 8. The van der Waals surface area contributed by atoms with Gasteiger partial charge in [-0.2, -0.15) is 0 Å². The lowest BCUT2D eigenvalue weighted by Crippen LogP contribution is -2.29. The van der Waals surface area contributed by atoms with Gasteiger partial charge in [-0.05, 0) is 24.3 Å². The Kier molecular flexibility index (Phi) is 4.40.